The predicted molar refractivity (Wildman–Crippen MR) is 126 cm³/mol. The van der Waals surface area contributed by atoms with E-state index < -0.39 is 0 Å². The van der Waals surface area contributed by atoms with Crippen molar-refractivity contribution in [1.82, 2.24) is 4.90 Å². The fraction of sp³-hybridized carbons (Fsp3) is 0.192. The standard InChI is InChI=1S/C26H23Cl2NO2/c1-31-26(30)25(19-10-6-3-7-11-19)24-15-14-23(20-12-13-21(27)22(28)16-20)29(24)17-18-8-4-2-5-9-18/h2-13,16,23H,14-15,17H2,1H3/b25-24-/t23-/m0/s1. The number of ether oxygens (including phenoxy) is 1. The molecular formula is C26H23Cl2NO2. The molecule has 0 bridgehead atoms. The lowest BCUT2D eigenvalue weighted by molar-refractivity contribution is -0.133. The van der Waals surface area contributed by atoms with Gasteiger partial charge in [0.05, 0.1) is 28.8 Å². The Labute approximate surface area is 192 Å². The summed E-state index contributed by atoms with van der Waals surface area (Å²) in [5.41, 5.74) is 4.71. The van der Waals surface area contributed by atoms with Crippen LogP contribution >= 0.6 is 23.2 Å². The number of nitrogens with zero attached hydrogens (tertiary/aromatic N) is 1. The van der Waals surface area contributed by atoms with Gasteiger partial charge in [-0.3, -0.25) is 0 Å². The highest BCUT2D eigenvalue weighted by atomic mass is 35.5. The quantitative estimate of drug-likeness (QED) is 0.311. The lowest BCUT2D eigenvalue weighted by atomic mass is 10.0. The number of carbonyl (C=O) groups is 1. The molecule has 1 aliphatic rings. The molecule has 3 nitrogen and oxygen atoms in total. The molecule has 1 aliphatic heterocycles. The summed E-state index contributed by atoms with van der Waals surface area (Å²) in [5, 5.41) is 1.07. The lowest BCUT2D eigenvalue weighted by Gasteiger charge is -2.30. The van der Waals surface area contributed by atoms with Gasteiger partial charge in [0.25, 0.3) is 0 Å². The van der Waals surface area contributed by atoms with Crippen LogP contribution in [0.5, 0.6) is 0 Å². The number of rotatable bonds is 5. The Morgan fingerprint density at radius 2 is 1.65 bits per heavy atom. The van der Waals surface area contributed by atoms with E-state index in [4.69, 9.17) is 27.9 Å². The predicted octanol–water partition coefficient (Wildman–Crippen LogP) is 6.91. The second-order valence-electron chi connectivity index (χ2n) is 7.52. The van der Waals surface area contributed by atoms with E-state index in [0.717, 1.165) is 29.7 Å². The smallest absolute Gasteiger partial charge is 0.340 e. The van der Waals surface area contributed by atoms with Gasteiger partial charge in [-0.05, 0) is 41.7 Å². The second kappa shape index (κ2) is 9.59. The molecule has 3 aromatic rings. The topological polar surface area (TPSA) is 29.5 Å². The zero-order chi connectivity index (χ0) is 21.8. The van der Waals surface area contributed by atoms with Crippen LogP contribution in [-0.2, 0) is 16.1 Å². The largest absolute Gasteiger partial charge is 0.465 e. The summed E-state index contributed by atoms with van der Waals surface area (Å²) >= 11 is 12.5. The van der Waals surface area contributed by atoms with Crippen molar-refractivity contribution >= 4 is 34.7 Å². The van der Waals surface area contributed by atoms with Crippen LogP contribution in [0.4, 0.5) is 0 Å². The van der Waals surface area contributed by atoms with Gasteiger partial charge in [0.15, 0.2) is 0 Å². The molecule has 0 saturated carbocycles. The van der Waals surface area contributed by atoms with Gasteiger partial charge in [0.2, 0.25) is 0 Å². The first-order chi connectivity index (χ1) is 15.1. The fourth-order valence-electron chi connectivity index (χ4n) is 4.19. The summed E-state index contributed by atoms with van der Waals surface area (Å²) in [7, 11) is 1.43. The molecule has 0 radical (unpaired) electrons. The molecule has 1 fully saturated rings. The fourth-order valence-corrected chi connectivity index (χ4v) is 4.50. The van der Waals surface area contributed by atoms with Crippen LogP contribution in [0, 0.1) is 0 Å². The molecule has 0 unspecified atom stereocenters. The molecule has 0 aliphatic carbocycles. The van der Waals surface area contributed by atoms with Crippen molar-refractivity contribution in [2.24, 2.45) is 0 Å². The minimum absolute atomic E-state index is 0.0772. The van der Waals surface area contributed by atoms with Crippen LogP contribution in [-0.4, -0.2) is 18.0 Å². The molecule has 1 saturated heterocycles. The third-order valence-corrected chi connectivity index (χ3v) is 6.38. The Balaban J connectivity index is 1.84. The number of allylic oxidation sites excluding steroid dienone is 1. The van der Waals surface area contributed by atoms with Crippen LogP contribution in [0.15, 0.2) is 84.6 Å². The Kier molecular flexibility index (Phi) is 6.64. The number of hydrogen-bond acceptors (Lipinski definition) is 3. The van der Waals surface area contributed by atoms with Crippen LogP contribution in [0.1, 0.15) is 35.6 Å². The summed E-state index contributed by atoms with van der Waals surface area (Å²) in [5.74, 6) is -0.325. The first-order valence-electron chi connectivity index (χ1n) is 10.2. The molecule has 31 heavy (non-hydrogen) atoms. The molecule has 0 amide bonds. The average molecular weight is 452 g/mol. The maximum atomic E-state index is 12.9. The van der Waals surface area contributed by atoms with Crippen LogP contribution in [0.2, 0.25) is 10.0 Å². The van der Waals surface area contributed by atoms with E-state index in [2.05, 4.69) is 17.0 Å². The number of hydrogen-bond donors (Lipinski definition) is 0. The Hall–Kier alpha value is -2.75. The highest BCUT2D eigenvalue weighted by Crippen LogP contribution is 2.44. The van der Waals surface area contributed by atoms with Gasteiger partial charge in [-0.15, -0.1) is 0 Å². The highest BCUT2D eigenvalue weighted by Gasteiger charge is 2.34. The number of methoxy groups -OCH3 is 1. The van der Waals surface area contributed by atoms with Crippen molar-refractivity contribution < 1.29 is 9.53 Å². The summed E-state index contributed by atoms with van der Waals surface area (Å²) in [6, 6.07) is 25.8. The molecule has 1 atom stereocenters. The second-order valence-corrected chi connectivity index (χ2v) is 8.34. The van der Waals surface area contributed by atoms with E-state index in [1.807, 2.05) is 66.7 Å². The maximum Gasteiger partial charge on any atom is 0.340 e. The van der Waals surface area contributed by atoms with Crippen molar-refractivity contribution in [3.05, 3.63) is 111 Å². The van der Waals surface area contributed by atoms with E-state index >= 15 is 0 Å². The molecule has 5 heteroatoms. The van der Waals surface area contributed by atoms with Crippen molar-refractivity contribution in [2.75, 3.05) is 7.11 Å². The van der Waals surface area contributed by atoms with Crippen molar-refractivity contribution in [2.45, 2.75) is 25.4 Å². The van der Waals surface area contributed by atoms with Gasteiger partial charge in [0, 0.05) is 12.2 Å². The minimum atomic E-state index is -0.325. The normalized spacial score (nSPS) is 17.5. The van der Waals surface area contributed by atoms with E-state index in [-0.39, 0.29) is 12.0 Å². The van der Waals surface area contributed by atoms with Gasteiger partial charge in [-0.25, -0.2) is 4.79 Å². The van der Waals surface area contributed by atoms with Crippen LogP contribution in [0.3, 0.4) is 0 Å². The number of halogens is 2. The van der Waals surface area contributed by atoms with Gasteiger partial charge < -0.3 is 9.64 Å². The van der Waals surface area contributed by atoms with E-state index in [0.29, 0.717) is 22.2 Å². The summed E-state index contributed by atoms with van der Waals surface area (Å²) in [4.78, 5) is 15.2. The number of esters is 1. The molecule has 158 valence electrons. The van der Waals surface area contributed by atoms with E-state index in [1.165, 1.54) is 12.7 Å². The number of carbonyl (C=O) groups excluding carboxylic acids is 1. The Bertz CT molecular complexity index is 1100. The first-order valence-corrected chi connectivity index (χ1v) is 11.0. The molecule has 3 aromatic carbocycles. The number of benzene rings is 3. The highest BCUT2D eigenvalue weighted by molar-refractivity contribution is 6.42. The number of likely N-dealkylation sites (tertiary alicyclic amines) is 1. The third kappa shape index (κ3) is 4.63. The summed E-state index contributed by atoms with van der Waals surface area (Å²) in [6.45, 7) is 0.675. The molecule has 1 heterocycles. The zero-order valence-corrected chi connectivity index (χ0v) is 18.7. The summed E-state index contributed by atoms with van der Waals surface area (Å²) < 4.78 is 5.19. The minimum Gasteiger partial charge on any atom is -0.465 e. The van der Waals surface area contributed by atoms with Gasteiger partial charge in [-0.2, -0.15) is 0 Å². The Morgan fingerprint density at radius 1 is 0.968 bits per heavy atom. The molecular weight excluding hydrogens is 429 g/mol. The molecule has 0 N–H and O–H groups in total. The van der Waals surface area contributed by atoms with Crippen molar-refractivity contribution in [1.29, 1.82) is 0 Å². The van der Waals surface area contributed by atoms with Gasteiger partial charge >= 0.3 is 5.97 Å². The average Bonchev–Trinajstić information content (AvgIpc) is 3.20. The first kappa shape index (κ1) is 21.5. The Morgan fingerprint density at radius 3 is 2.29 bits per heavy atom. The monoisotopic (exact) mass is 451 g/mol. The lowest BCUT2D eigenvalue weighted by Crippen LogP contribution is -2.24. The van der Waals surface area contributed by atoms with Crippen molar-refractivity contribution in [3.8, 4) is 0 Å². The zero-order valence-electron chi connectivity index (χ0n) is 17.2. The summed E-state index contributed by atoms with van der Waals surface area (Å²) in [6.07, 6.45) is 1.63. The van der Waals surface area contributed by atoms with E-state index in [1.54, 1.807) is 0 Å². The van der Waals surface area contributed by atoms with Gasteiger partial charge in [-0.1, -0.05) is 89.9 Å². The third-order valence-electron chi connectivity index (χ3n) is 5.64. The molecule has 0 aromatic heterocycles. The van der Waals surface area contributed by atoms with Gasteiger partial charge in [0.1, 0.15) is 0 Å². The molecule has 0 spiro atoms. The van der Waals surface area contributed by atoms with E-state index in [9.17, 15) is 4.79 Å². The molecule has 4 rings (SSSR count). The SMILES string of the molecule is COC(=O)/C(=C1/CC[C@@H](c2ccc(Cl)c(Cl)c2)N1Cc1ccccc1)c1ccccc1. The van der Waals surface area contributed by atoms with Crippen molar-refractivity contribution in [3.63, 3.8) is 0 Å². The maximum absolute atomic E-state index is 12.9. The van der Waals surface area contributed by atoms with Crippen LogP contribution in [0.25, 0.3) is 5.57 Å². The van der Waals surface area contributed by atoms with Crippen LogP contribution < -0.4 is 0 Å².